The number of rotatable bonds is 9. The number of halogens is 1. The Balaban J connectivity index is 3.00. The molecule has 0 spiro atoms. The molecule has 8 heteroatoms. The third kappa shape index (κ3) is 4.81. The monoisotopic (exact) mass is 335 g/mol. The van der Waals surface area contributed by atoms with E-state index in [9.17, 15) is 8.42 Å². The minimum atomic E-state index is -3.64. The van der Waals surface area contributed by atoms with Crippen LogP contribution in [-0.4, -0.2) is 49.1 Å². The Bertz CT molecular complexity index is 552. The van der Waals surface area contributed by atoms with E-state index in [0.717, 1.165) is 13.0 Å². The Morgan fingerprint density at radius 1 is 1.43 bits per heavy atom. The quantitative estimate of drug-likeness (QED) is 0.720. The highest BCUT2D eigenvalue weighted by Crippen LogP contribution is 2.24. The fourth-order valence-electron chi connectivity index (χ4n) is 1.78. The van der Waals surface area contributed by atoms with E-state index in [-0.39, 0.29) is 23.1 Å². The number of hydrogen-bond donors (Lipinski definition) is 2. The molecule has 21 heavy (non-hydrogen) atoms. The molecule has 0 aliphatic heterocycles. The molecule has 0 bridgehead atoms. The van der Waals surface area contributed by atoms with E-state index in [2.05, 4.69) is 10.3 Å². The van der Waals surface area contributed by atoms with Crippen LogP contribution in [0.2, 0.25) is 5.02 Å². The number of aliphatic hydroxyl groups is 1. The van der Waals surface area contributed by atoms with Gasteiger partial charge in [0.05, 0.1) is 5.02 Å². The fraction of sp³-hybridized carbons (Fsp3) is 0.615. The van der Waals surface area contributed by atoms with Crippen molar-refractivity contribution in [3.8, 4) is 0 Å². The number of sulfonamides is 1. The zero-order valence-corrected chi connectivity index (χ0v) is 13.9. The van der Waals surface area contributed by atoms with Gasteiger partial charge in [-0.3, -0.25) is 0 Å². The number of aliphatic hydroxyl groups excluding tert-OH is 1. The molecule has 0 unspecified atom stereocenters. The van der Waals surface area contributed by atoms with Crippen LogP contribution in [-0.2, 0) is 10.0 Å². The van der Waals surface area contributed by atoms with Crippen molar-refractivity contribution >= 4 is 27.4 Å². The van der Waals surface area contributed by atoms with Crippen LogP contribution in [0.4, 0.5) is 5.82 Å². The van der Waals surface area contributed by atoms with Gasteiger partial charge in [-0.05, 0) is 18.9 Å². The van der Waals surface area contributed by atoms with Crippen molar-refractivity contribution < 1.29 is 13.5 Å². The minimum Gasteiger partial charge on any atom is -0.396 e. The highest BCUT2D eigenvalue weighted by atomic mass is 35.5. The second-order valence-corrected chi connectivity index (χ2v) is 6.85. The van der Waals surface area contributed by atoms with Gasteiger partial charge in [-0.2, -0.15) is 4.31 Å². The van der Waals surface area contributed by atoms with E-state index in [1.807, 2.05) is 6.92 Å². The maximum absolute atomic E-state index is 12.5. The molecule has 0 saturated heterocycles. The van der Waals surface area contributed by atoms with Gasteiger partial charge in [0.2, 0.25) is 10.0 Å². The molecule has 0 aliphatic rings. The number of hydrogen-bond acceptors (Lipinski definition) is 5. The topological polar surface area (TPSA) is 82.5 Å². The molecule has 1 rings (SSSR count). The molecular weight excluding hydrogens is 314 g/mol. The van der Waals surface area contributed by atoms with Gasteiger partial charge >= 0.3 is 0 Å². The van der Waals surface area contributed by atoms with Crippen molar-refractivity contribution in [1.82, 2.24) is 9.29 Å². The lowest BCUT2D eigenvalue weighted by Crippen LogP contribution is -2.32. The van der Waals surface area contributed by atoms with E-state index in [1.54, 1.807) is 6.92 Å². The number of nitrogens with zero attached hydrogens (tertiary/aromatic N) is 2. The zero-order valence-electron chi connectivity index (χ0n) is 12.3. The Hall–Kier alpha value is -0.890. The van der Waals surface area contributed by atoms with E-state index in [1.165, 1.54) is 16.6 Å². The summed E-state index contributed by atoms with van der Waals surface area (Å²) in [4.78, 5) is 4.14. The van der Waals surface area contributed by atoms with Crippen LogP contribution in [0.1, 0.15) is 26.7 Å². The normalized spacial score (nSPS) is 11.9. The minimum absolute atomic E-state index is 0.0507. The Morgan fingerprint density at radius 2 is 2.14 bits per heavy atom. The molecule has 0 aromatic carbocycles. The lowest BCUT2D eigenvalue weighted by Gasteiger charge is -2.20. The van der Waals surface area contributed by atoms with Gasteiger partial charge in [0.25, 0.3) is 0 Å². The van der Waals surface area contributed by atoms with Crippen LogP contribution in [0.3, 0.4) is 0 Å². The van der Waals surface area contributed by atoms with Gasteiger partial charge in [0, 0.05) is 32.4 Å². The summed E-state index contributed by atoms with van der Waals surface area (Å²) in [7, 11) is -3.64. The van der Waals surface area contributed by atoms with Gasteiger partial charge in [-0.1, -0.05) is 25.4 Å². The highest BCUT2D eigenvalue weighted by Gasteiger charge is 2.23. The predicted molar refractivity (Wildman–Crippen MR) is 84.2 cm³/mol. The van der Waals surface area contributed by atoms with E-state index in [4.69, 9.17) is 16.7 Å². The van der Waals surface area contributed by atoms with Gasteiger partial charge in [0.15, 0.2) is 0 Å². The second-order valence-electron chi connectivity index (χ2n) is 4.50. The van der Waals surface area contributed by atoms with Crippen LogP contribution < -0.4 is 5.32 Å². The van der Waals surface area contributed by atoms with Crippen LogP contribution in [0.25, 0.3) is 0 Å². The average Bonchev–Trinajstić information content (AvgIpc) is 2.46. The summed E-state index contributed by atoms with van der Waals surface area (Å²) in [6.07, 6.45) is 2.62. The van der Waals surface area contributed by atoms with Gasteiger partial charge in [-0.25, -0.2) is 13.4 Å². The molecule has 1 heterocycles. The molecule has 0 fully saturated rings. The number of anilines is 1. The molecule has 0 radical (unpaired) electrons. The van der Waals surface area contributed by atoms with Crippen molar-refractivity contribution in [2.75, 3.05) is 31.6 Å². The van der Waals surface area contributed by atoms with E-state index in [0.29, 0.717) is 18.8 Å². The van der Waals surface area contributed by atoms with Gasteiger partial charge in [0.1, 0.15) is 10.7 Å². The molecular formula is C13H22ClN3O3S. The smallest absolute Gasteiger partial charge is 0.244 e. The van der Waals surface area contributed by atoms with Crippen molar-refractivity contribution in [3.63, 3.8) is 0 Å². The summed E-state index contributed by atoms with van der Waals surface area (Å²) >= 11 is 6.08. The predicted octanol–water partition coefficient (Wildman–Crippen LogP) is 1.95. The maximum Gasteiger partial charge on any atom is 0.244 e. The Morgan fingerprint density at radius 3 is 2.67 bits per heavy atom. The summed E-state index contributed by atoms with van der Waals surface area (Å²) in [6.45, 7) is 5.03. The van der Waals surface area contributed by atoms with Crippen LogP contribution in [0, 0.1) is 0 Å². The number of aromatic nitrogens is 1. The summed E-state index contributed by atoms with van der Waals surface area (Å²) in [5.41, 5.74) is 0. The van der Waals surface area contributed by atoms with Crippen molar-refractivity contribution in [3.05, 3.63) is 17.3 Å². The van der Waals surface area contributed by atoms with Crippen LogP contribution >= 0.6 is 11.6 Å². The third-order valence-electron chi connectivity index (χ3n) is 2.91. The number of nitrogens with one attached hydrogen (secondary N) is 1. The van der Waals surface area contributed by atoms with Crippen LogP contribution in [0.15, 0.2) is 17.2 Å². The first-order chi connectivity index (χ1) is 9.97. The highest BCUT2D eigenvalue weighted by molar-refractivity contribution is 7.89. The molecule has 2 N–H and O–H groups in total. The average molecular weight is 336 g/mol. The zero-order chi connectivity index (χ0) is 15.9. The number of pyridine rings is 1. The van der Waals surface area contributed by atoms with E-state index >= 15 is 0 Å². The fourth-order valence-corrected chi connectivity index (χ4v) is 3.54. The summed E-state index contributed by atoms with van der Waals surface area (Å²) in [5.74, 6) is 0.482. The molecule has 0 aliphatic carbocycles. The maximum atomic E-state index is 12.5. The summed E-state index contributed by atoms with van der Waals surface area (Å²) in [6, 6.07) is 1.41. The van der Waals surface area contributed by atoms with E-state index < -0.39 is 10.0 Å². The van der Waals surface area contributed by atoms with Gasteiger partial charge < -0.3 is 10.4 Å². The lowest BCUT2D eigenvalue weighted by molar-refractivity contribution is 0.271. The SMILES string of the molecule is CCCNc1ncc(S(=O)(=O)N(CC)CCCO)cc1Cl. The van der Waals surface area contributed by atoms with Crippen molar-refractivity contribution in [1.29, 1.82) is 0 Å². The Kier molecular flexibility index (Phi) is 7.37. The summed E-state index contributed by atoms with van der Waals surface area (Å²) in [5, 5.41) is 12.2. The second kappa shape index (κ2) is 8.53. The molecule has 120 valence electrons. The molecule has 0 amide bonds. The summed E-state index contributed by atoms with van der Waals surface area (Å²) < 4.78 is 26.2. The first-order valence-corrected chi connectivity index (χ1v) is 8.79. The Labute approximate surface area is 131 Å². The molecule has 1 aromatic rings. The molecule has 0 atom stereocenters. The third-order valence-corrected chi connectivity index (χ3v) is 5.14. The lowest BCUT2D eigenvalue weighted by atomic mass is 10.4. The van der Waals surface area contributed by atoms with Crippen molar-refractivity contribution in [2.24, 2.45) is 0 Å². The molecule has 0 saturated carbocycles. The first kappa shape index (κ1) is 18.2. The molecule has 1 aromatic heterocycles. The largest absolute Gasteiger partial charge is 0.396 e. The standard InChI is InChI=1S/C13H22ClN3O3S/c1-3-6-15-13-12(14)9-11(10-16-13)21(19,20)17(4-2)7-5-8-18/h9-10,18H,3-8H2,1-2H3,(H,15,16). The van der Waals surface area contributed by atoms with Gasteiger partial charge in [-0.15, -0.1) is 0 Å². The van der Waals surface area contributed by atoms with Crippen molar-refractivity contribution in [2.45, 2.75) is 31.6 Å². The molecule has 6 nitrogen and oxygen atoms in total. The first-order valence-electron chi connectivity index (χ1n) is 6.97. The van der Waals surface area contributed by atoms with Crippen LogP contribution in [0.5, 0.6) is 0 Å².